The summed E-state index contributed by atoms with van der Waals surface area (Å²) < 4.78 is 13.9. The summed E-state index contributed by atoms with van der Waals surface area (Å²) in [6.07, 6.45) is 0.856. The van der Waals surface area contributed by atoms with E-state index >= 15 is 0 Å². The van der Waals surface area contributed by atoms with Crippen molar-refractivity contribution in [3.8, 4) is 0 Å². The number of carboxylic acid groups (broad SMARTS) is 1. The van der Waals surface area contributed by atoms with Crippen molar-refractivity contribution >= 4 is 6.09 Å². The first-order valence-electron chi connectivity index (χ1n) is 6.63. The zero-order chi connectivity index (χ0) is 13.4. The lowest BCUT2D eigenvalue weighted by atomic mass is 10.0. The van der Waals surface area contributed by atoms with Crippen molar-refractivity contribution in [1.29, 1.82) is 0 Å². The molecule has 2 aliphatic rings. The Morgan fingerprint density at radius 2 is 2.21 bits per heavy atom. The normalized spacial score (nSPS) is 23.4. The maximum atomic E-state index is 13.9. The number of hydrogen-bond acceptors (Lipinski definition) is 2. The van der Waals surface area contributed by atoms with Gasteiger partial charge in [-0.05, 0) is 24.5 Å². The molecule has 1 aromatic carbocycles. The highest BCUT2D eigenvalue weighted by molar-refractivity contribution is 5.65. The van der Waals surface area contributed by atoms with Gasteiger partial charge in [0.25, 0.3) is 0 Å². The van der Waals surface area contributed by atoms with Crippen LogP contribution < -0.4 is 0 Å². The number of hydrogen-bond donors (Lipinski definition) is 1. The monoisotopic (exact) mass is 264 g/mol. The van der Waals surface area contributed by atoms with E-state index < -0.39 is 6.09 Å². The van der Waals surface area contributed by atoms with E-state index in [1.165, 1.54) is 11.0 Å². The quantitative estimate of drug-likeness (QED) is 0.778. The topological polar surface area (TPSA) is 43.8 Å². The molecular weight excluding hydrogens is 247 g/mol. The summed E-state index contributed by atoms with van der Waals surface area (Å²) in [5.41, 5.74) is 1.85. The summed E-state index contributed by atoms with van der Waals surface area (Å²) in [5.74, 6) is -0.140. The second-order valence-electron chi connectivity index (χ2n) is 5.27. The molecule has 0 aromatic heterocycles. The van der Waals surface area contributed by atoms with Gasteiger partial charge < -0.3 is 10.0 Å². The van der Waals surface area contributed by atoms with E-state index in [4.69, 9.17) is 5.11 Å². The van der Waals surface area contributed by atoms with Crippen molar-refractivity contribution in [1.82, 2.24) is 9.80 Å². The molecule has 0 spiro atoms. The summed E-state index contributed by atoms with van der Waals surface area (Å²) in [4.78, 5) is 14.7. The van der Waals surface area contributed by atoms with Crippen LogP contribution in [0.15, 0.2) is 18.2 Å². The molecule has 2 aliphatic heterocycles. The molecule has 1 amide bonds. The Labute approximate surface area is 111 Å². The van der Waals surface area contributed by atoms with Gasteiger partial charge >= 0.3 is 6.09 Å². The fourth-order valence-electron chi connectivity index (χ4n) is 3.09. The molecule has 0 aliphatic carbocycles. The summed E-state index contributed by atoms with van der Waals surface area (Å²) in [7, 11) is 0. The van der Waals surface area contributed by atoms with Gasteiger partial charge in [-0.2, -0.15) is 0 Å². The van der Waals surface area contributed by atoms with Gasteiger partial charge in [-0.3, -0.25) is 4.90 Å². The fourth-order valence-corrected chi connectivity index (χ4v) is 3.09. The number of aryl methyl sites for hydroxylation is 1. The summed E-state index contributed by atoms with van der Waals surface area (Å²) in [6, 6.07) is 5.44. The van der Waals surface area contributed by atoms with Crippen LogP contribution in [0.25, 0.3) is 0 Å². The van der Waals surface area contributed by atoms with Crippen LogP contribution in [0.5, 0.6) is 0 Å². The van der Waals surface area contributed by atoms with Gasteiger partial charge in [0, 0.05) is 37.8 Å². The molecule has 0 radical (unpaired) electrons. The summed E-state index contributed by atoms with van der Waals surface area (Å²) in [5, 5.41) is 9.06. The molecule has 4 nitrogen and oxygen atoms in total. The number of rotatable bonds is 0. The first-order valence-corrected chi connectivity index (χ1v) is 6.63. The van der Waals surface area contributed by atoms with Crippen LogP contribution in [-0.4, -0.2) is 46.7 Å². The highest BCUT2D eigenvalue weighted by Gasteiger charge is 2.32. The molecule has 1 N–H and O–H groups in total. The minimum atomic E-state index is -0.854. The molecule has 1 unspecified atom stereocenters. The minimum absolute atomic E-state index is 0.140. The van der Waals surface area contributed by atoms with Crippen molar-refractivity contribution < 1.29 is 14.3 Å². The van der Waals surface area contributed by atoms with E-state index in [0.29, 0.717) is 26.2 Å². The van der Waals surface area contributed by atoms with Gasteiger partial charge in [0.1, 0.15) is 5.82 Å². The smallest absolute Gasteiger partial charge is 0.407 e. The predicted octanol–water partition coefficient (Wildman–Crippen LogP) is 1.94. The number of fused-ring (bicyclic) bond motifs is 2. The Kier molecular flexibility index (Phi) is 3.14. The van der Waals surface area contributed by atoms with Gasteiger partial charge in [0.05, 0.1) is 0 Å². The van der Waals surface area contributed by atoms with Crippen LogP contribution in [-0.2, 0) is 13.0 Å². The van der Waals surface area contributed by atoms with Crippen LogP contribution in [0.3, 0.4) is 0 Å². The predicted molar refractivity (Wildman–Crippen MR) is 68.5 cm³/mol. The number of amides is 1. The van der Waals surface area contributed by atoms with E-state index in [-0.39, 0.29) is 11.9 Å². The van der Waals surface area contributed by atoms with Crippen LogP contribution in [0.2, 0.25) is 0 Å². The van der Waals surface area contributed by atoms with Gasteiger partial charge in [0.2, 0.25) is 0 Å². The van der Waals surface area contributed by atoms with E-state index in [0.717, 1.165) is 24.0 Å². The molecule has 1 fully saturated rings. The fraction of sp³-hybridized carbons (Fsp3) is 0.500. The average molecular weight is 264 g/mol. The number of carbonyl (C=O) groups is 1. The summed E-state index contributed by atoms with van der Waals surface area (Å²) in [6.45, 7) is 2.32. The molecule has 19 heavy (non-hydrogen) atoms. The van der Waals surface area contributed by atoms with Crippen LogP contribution in [0.1, 0.15) is 17.5 Å². The average Bonchev–Trinajstić information content (AvgIpc) is 2.58. The molecule has 2 heterocycles. The zero-order valence-electron chi connectivity index (χ0n) is 10.7. The molecule has 1 atom stereocenters. The molecule has 102 valence electrons. The van der Waals surface area contributed by atoms with E-state index in [2.05, 4.69) is 4.90 Å². The lowest BCUT2D eigenvalue weighted by Gasteiger charge is -2.39. The van der Waals surface area contributed by atoms with Gasteiger partial charge in [-0.25, -0.2) is 9.18 Å². The summed E-state index contributed by atoms with van der Waals surface area (Å²) >= 11 is 0. The van der Waals surface area contributed by atoms with E-state index in [9.17, 15) is 9.18 Å². The van der Waals surface area contributed by atoms with Crippen molar-refractivity contribution in [3.63, 3.8) is 0 Å². The molecule has 1 saturated heterocycles. The second kappa shape index (κ2) is 4.81. The van der Waals surface area contributed by atoms with Crippen LogP contribution in [0.4, 0.5) is 9.18 Å². The first-order chi connectivity index (χ1) is 9.15. The van der Waals surface area contributed by atoms with Gasteiger partial charge in [0.15, 0.2) is 0 Å². The number of nitrogens with zero attached hydrogens (tertiary/aromatic N) is 2. The van der Waals surface area contributed by atoms with Crippen molar-refractivity contribution in [2.24, 2.45) is 0 Å². The molecule has 0 saturated carbocycles. The third-order valence-corrected chi connectivity index (χ3v) is 4.20. The first kappa shape index (κ1) is 12.4. The highest BCUT2D eigenvalue weighted by atomic mass is 19.1. The maximum Gasteiger partial charge on any atom is 0.407 e. The van der Waals surface area contributed by atoms with E-state index in [1.807, 2.05) is 6.07 Å². The Morgan fingerprint density at radius 3 is 3.00 bits per heavy atom. The third kappa shape index (κ3) is 2.30. The Balaban J connectivity index is 1.82. The maximum absolute atomic E-state index is 13.9. The molecule has 3 rings (SSSR count). The van der Waals surface area contributed by atoms with Crippen LogP contribution in [0, 0.1) is 5.82 Å². The van der Waals surface area contributed by atoms with Gasteiger partial charge in [-0.15, -0.1) is 0 Å². The molecule has 5 heteroatoms. The largest absolute Gasteiger partial charge is 0.465 e. The molecule has 1 aromatic rings. The molecular formula is C14H17FN2O2. The van der Waals surface area contributed by atoms with Crippen LogP contribution >= 0.6 is 0 Å². The SMILES string of the molecule is O=C(O)N1CCN2Cc3c(F)cccc3CCC2C1. The second-order valence-corrected chi connectivity index (χ2v) is 5.27. The number of halogens is 1. The van der Waals surface area contributed by atoms with Gasteiger partial charge in [-0.1, -0.05) is 12.1 Å². The standard InChI is InChI=1S/C14H17FN2O2/c15-13-3-1-2-10-4-5-11-8-17(14(18)19)7-6-16(11)9-12(10)13/h1-3,11H,4-9H2,(H,18,19). The minimum Gasteiger partial charge on any atom is -0.465 e. The highest BCUT2D eigenvalue weighted by Crippen LogP contribution is 2.26. The Bertz CT molecular complexity index is 506. The van der Waals surface area contributed by atoms with Crippen molar-refractivity contribution in [2.45, 2.75) is 25.4 Å². The third-order valence-electron chi connectivity index (χ3n) is 4.20. The van der Waals surface area contributed by atoms with E-state index in [1.54, 1.807) is 6.07 Å². The zero-order valence-corrected chi connectivity index (χ0v) is 10.7. The molecule has 0 bridgehead atoms. The number of benzene rings is 1. The van der Waals surface area contributed by atoms with Crippen molar-refractivity contribution in [3.05, 3.63) is 35.1 Å². The number of piperazine rings is 1. The van der Waals surface area contributed by atoms with Crippen molar-refractivity contribution in [2.75, 3.05) is 19.6 Å². The Morgan fingerprint density at radius 1 is 1.37 bits per heavy atom. The Hall–Kier alpha value is -1.62. The lowest BCUT2D eigenvalue weighted by Crippen LogP contribution is -2.53. The lowest BCUT2D eigenvalue weighted by molar-refractivity contribution is 0.0630.